The zero-order chi connectivity index (χ0) is 19.3. The van der Waals surface area contributed by atoms with Crippen LogP contribution in [0.1, 0.15) is 0 Å². The van der Waals surface area contributed by atoms with E-state index in [1.54, 1.807) is 16.7 Å². The van der Waals surface area contributed by atoms with Gasteiger partial charge in [-0.2, -0.15) is 0 Å². The largest absolute Gasteiger partial charge is 0.316 e. The molecule has 3 nitrogen and oxygen atoms in total. The molecule has 0 spiro atoms. The summed E-state index contributed by atoms with van der Waals surface area (Å²) in [5.41, 5.74) is 3.40. The molecular weight excluding hydrogens is 391 g/mol. The highest BCUT2D eigenvalue weighted by molar-refractivity contribution is 6.30. The number of para-hydroxylation sites is 1. The maximum absolute atomic E-state index is 13.4. The molecule has 0 saturated carbocycles. The van der Waals surface area contributed by atoms with E-state index in [1.807, 2.05) is 77.5 Å². The molecule has 0 atom stereocenters. The third kappa shape index (κ3) is 2.63. The molecule has 0 fully saturated rings. The second kappa shape index (κ2) is 6.55. The van der Waals surface area contributed by atoms with Gasteiger partial charge in [-0.15, -0.1) is 0 Å². The average molecular weight is 405 g/mol. The number of aromatic nitrogens is 2. The second-order valence-electron chi connectivity index (χ2n) is 6.56. The molecule has 5 heteroatoms. The van der Waals surface area contributed by atoms with E-state index >= 15 is 0 Å². The van der Waals surface area contributed by atoms with Crippen LogP contribution in [-0.4, -0.2) is 9.13 Å². The fraction of sp³-hybridized carbons (Fsp3) is 0. The summed E-state index contributed by atoms with van der Waals surface area (Å²) in [6.07, 6.45) is 1.92. The molecule has 0 aliphatic rings. The molecule has 2 aromatic heterocycles. The maximum Gasteiger partial charge on any atom is 0.265 e. The van der Waals surface area contributed by atoms with Gasteiger partial charge in [-0.1, -0.05) is 41.4 Å². The Hall–Kier alpha value is -3.01. The van der Waals surface area contributed by atoms with Gasteiger partial charge in [0.05, 0.1) is 16.4 Å². The molecule has 0 aliphatic heterocycles. The van der Waals surface area contributed by atoms with Crippen molar-refractivity contribution in [2.45, 2.75) is 0 Å². The van der Waals surface area contributed by atoms with Crippen LogP contribution in [0.3, 0.4) is 0 Å². The number of benzene rings is 3. The molecule has 0 amide bonds. The van der Waals surface area contributed by atoms with Crippen LogP contribution >= 0.6 is 23.2 Å². The summed E-state index contributed by atoms with van der Waals surface area (Å²) in [5, 5.41) is 2.96. The Morgan fingerprint density at radius 3 is 1.93 bits per heavy atom. The Morgan fingerprint density at radius 1 is 0.643 bits per heavy atom. The van der Waals surface area contributed by atoms with Gasteiger partial charge < -0.3 is 4.57 Å². The molecule has 0 bridgehead atoms. The Bertz CT molecular complexity index is 1380. The van der Waals surface area contributed by atoms with E-state index in [4.69, 9.17) is 23.2 Å². The predicted octanol–water partition coefficient (Wildman–Crippen LogP) is 6.24. The summed E-state index contributed by atoms with van der Waals surface area (Å²) in [6.45, 7) is 0. The van der Waals surface area contributed by atoms with E-state index in [9.17, 15) is 4.79 Å². The van der Waals surface area contributed by atoms with E-state index in [1.165, 1.54) is 0 Å². The van der Waals surface area contributed by atoms with Crippen molar-refractivity contribution in [2.24, 2.45) is 0 Å². The van der Waals surface area contributed by atoms with Crippen molar-refractivity contribution in [1.82, 2.24) is 9.13 Å². The normalized spacial score (nSPS) is 11.4. The van der Waals surface area contributed by atoms with Crippen LogP contribution in [0.5, 0.6) is 0 Å². The van der Waals surface area contributed by atoms with Crippen molar-refractivity contribution in [3.8, 4) is 11.4 Å². The average Bonchev–Trinajstić information content (AvgIpc) is 3.16. The topological polar surface area (TPSA) is 26.9 Å². The number of nitrogens with zero attached hydrogens (tertiary/aromatic N) is 2. The quantitative estimate of drug-likeness (QED) is 0.342. The molecule has 28 heavy (non-hydrogen) atoms. The fourth-order valence-corrected chi connectivity index (χ4v) is 3.89. The van der Waals surface area contributed by atoms with Gasteiger partial charge in [0.15, 0.2) is 0 Å². The summed E-state index contributed by atoms with van der Waals surface area (Å²) in [7, 11) is 0. The Kier molecular flexibility index (Phi) is 4.00. The van der Waals surface area contributed by atoms with Crippen LogP contribution in [0.25, 0.3) is 33.2 Å². The van der Waals surface area contributed by atoms with Crippen molar-refractivity contribution in [3.63, 3.8) is 0 Å². The fourth-order valence-electron chi connectivity index (χ4n) is 3.64. The molecular formula is C23H14Cl2N2O. The third-order valence-corrected chi connectivity index (χ3v) is 5.41. The van der Waals surface area contributed by atoms with Crippen molar-refractivity contribution >= 4 is 45.0 Å². The first kappa shape index (κ1) is 17.1. The molecule has 0 saturated heterocycles. The van der Waals surface area contributed by atoms with Gasteiger partial charge in [-0.3, -0.25) is 9.36 Å². The van der Waals surface area contributed by atoms with Gasteiger partial charge in [0.2, 0.25) is 0 Å². The number of rotatable bonds is 2. The minimum atomic E-state index is -0.0660. The summed E-state index contributed by atoms with van der Waals surface area (Å²) in [4.78, 5) is 13.4. The van der Waals surface area contributed by atoms with E-state index in [2.05, 4.69) is 0 Å². The van der Waals surface area contributed by atoms with Gasteiger partial charge >= 0.3 is 0 Å². The van der Waals surface area contributed by atoms with E-state index < -0.39 is 0 Å². The molecule has 3 aromatic carbocycles. The number of pyridine rings is 1. The van der Waals surface area contributed by atoms with Crippen molar-refractivity contribution in [1.29, 1.82) is 0 Å². The zero-order valence-corrected chi connectivity index (χ0v) is 16.2. The molecule has 0 unspecified atom stereocenters. The summed E-state index contributed by atoms with van der Waals surface area (Å²) < 4.78 is 3.77. The highest BCUT2D eigenvalue weighted by atomic mass is 35.5. The minimum Gasteiger partial charge on any atom is -0.316 e. The lowest BCUT2D eigenvalue weighted by Gasteiger charge is -2.14. The lowest BCUT2D eigenvalue weighted by atomic mass is 10.1. The first-order valence-electron chi connectivity index (χ1n) is 8.80. The van der Waals surface area contributed by atoms with Gasteiger partial charge in [-0.05, 0) is 60.7 Å². The standard InChI is InChI=1S/C23H14Cl2N2O/c24-15-5-9-17(10-6-15)26-14-13-20-22(26)19-3-1-2-4-21(19)27(23(20)28)18-11-7-16(25)8-12-18/h1-14H. The minimum absolute atomic E-state index is 0.0660. The van der Waals surface area contributed by atoms with Crippen LogP contribution in [0.15, 0.2) is 89.9 Å². The summed E-state index contributed by atoms with van der Waals surface area (Å²) in [6, 6.07) is 24.7. The Balaban J connectivity index is 1.90. The van der Waals surface area contributed by atoms with Crippen LogP contribution in [0.4, 0.5) is 0 Å². The first-order valence-corrected chi connectivity index (χ1v) is 9.56. The Morgan fingerprint density at radius 2 is 1.25 bits per heavy atom. The maximum atomic E-state index is 13.4. The molecule has 136 valence electrons. The molecule has 0 radical (unpaired) electrons. The predicted molar refractivity (Wildman–Crippen MR) is 116 cm³/mol. The SMILES string of the molecule is O=c1c2ccn(-c3ccc(Cl)cc3)c2c2ccccc2n1-c1ccc(Cl)cc1. The van der Waals surface area contributed by atoms with Crippen LogP contribution in [0, 0.1) is 0 Å². The molecule has 0 aliphatic carbocycles. The first-order chi connectivity index (χ1) is 13.6. The molecule has 2 heterocycles. The smallest absolute Gasteiger partial charge is 0.265 e. The second-order valence-corrected chi connectivity index (χ2v) is 7.43. The lowest BCUT2D eigenvalue weighted by molar-refractivity contribution is 1.06. The third-order valence-electron chi connectivity index (χ3n) is 4.91. The highest BCUT2D eigenvalue weighted by Gasteiger charge is 2.16. The zero-order valence-electron chi connectivity index (χ0n) is 14.6. The van der Waals surface area contributed by atoms with Crippen molar-refractivity contribution < 1.29 is 0 Å². The lowest BCUT2D eigenvalue weighted by Crippen LogP contribution is -2.19. The summed E-state index contributed by atoms with van der Waals surface area (Å²) >= 11 is 12.1. The monoisotopic (exact) mass is 404 g/mol. The Labute approximate surface area is 171 Å². The van der Waals surface area contributed by atoms with Gasteiger partial charge in [-0.25, -0.2) is 0 Å². The number of hydrogen-bond donors (Lipinski definition) is 0. The van der Waals surface area contributed by atoms with Gasteiger partial charge in [0, 0.05) is 33.0 Å². The summed E-state index contributed by atoms with van der Waals surface area (Å²) in [5.74, 6) is 0. The number of halogens is 2. The molecule has 5 rings (SSSR count). The molecule has 5 aromatic rings. The number of hydrogen-bond acceptors (Lipinski definition) is 1. The van der Waals surface area contributed by atoms with Gasteiger partial charge in [0.25, 0.3) is 5.56 Å². The van der Waals surface area contributed by atoms with Gasteiger partial charge in [0.1, 0.15) is 0 Å². The van der Waals surface area contributed by atoms with Crippen LogP contribution < -0.4 is 5.56 Å². The van der Waals surface area contributed by atoms with E-state index in [-0.39, 0.29) is 5.56 Å². The van der Waals surface area contributed by atoms with E-state index in [0.29, 0.717) is 15.4 Å². The highest BCUT2D eigenvalue weighted by Crippen LogP contribution is 2.28. The number of fused-ring (bicyclic) bond motifs is 3. The van der Waals surface area contributed by atoms with Crippen LogP contribution in [-0.2, 0) is 0 Å². The van der Waals surface area contributed by atoms with Crippen molar-refractivity contribution in [2.75, 3.05) is 0 Å². The van der Waals surface area contributed by atoms with Crippen molar-refractivity contribution in [3.05, 3.63) is 105 Å². The van der Waals surface area contributed by atoms with Crippen LogP contribution in [0.2, 0.25) is 10.0 Å². The van der Waals surface area contributed by atoms with E-state index in [0.717, 1.165) is 27.8 Å². The molecule has 0 N–H and O–H groups in total.